The van der Waals surface area contributed by atoms with Crippen LogP contribution in [0.4, 0.5) is 0 Å². The smallest absolute Gasteiger partial charge is 0.138 e. The molecule has 0 N–H and O–H groups in total. The summed E-state index contributed by atoms with van der Waals surface area (Å²) in [6.45, 7) is 2.11. The van der Waals surface area contributed by atoms with Crippen LogP contribution in [0, 0.1) is 6.92 Å². The lowest BCUT2D eigenvalue weighted by atomic mass is 10.0. The van der Waals surface area contributed by atoms with E-state index in [0.717, 1.165) is 11.2 Å². The molecule has 0 aliphatic heterocycles. The van der Waals surface area contributed by atoms with Gasteiger partial charge in [-0.3, -0.25) is 4.40 Å². The van der Waals surface area contributed by atoms with Gasteiger partial charge in [0.25, 0.3) is 0 Å². The molecule has 2 aromatic carbocycles. The molecule has 0 bridgehead atoms. The van der Waals surface area contributed by atoms with Gasteiger partial charge in [-0.25, -0.2) is 4.98 Å². The van der Waals surface area contributed by atoms with Crippen molar-refractivity contribution in [3.63, 3.8) is 0 Å². The second-order valence-corrected chi connectivity index (χ2v) is 6.81. The van der Waals surface area contributed by atoms with Crippen molar-refractivity contribution in [2.75, 3.05) is 0 Å². The first-order chi connectivity index (χ1) is 11.3. The molecule has 0 saturated heterocycles. The Morgan fingerprint density at radius 3 is 2.65 bits per heavy atom. The van der Waals surface area contributed by atoms with Gasteiger partial charge in [0.05, 0.1) is 11.0 Å². The third kappa shape index (κ3) is 1.83. The minimum atomic E-state index is 1.01. The first-order valence-corrected chi connectivity index (χ1v) is 8.53. The van der Waals surface area contributed by atoms with Crippen molar-refractivity contribution in [2.24, 2.45) is 0 Å². The fraction of sp³-hybridized carbons (Fsp3) is 0.0500. The zero-order valence-corrected chi connectivity index (χ0v) is 13.5. The number of rotatable bonds is 1. The maximum absolute atomic E-state index is 4.89. The van der Waals surface area contributed by atoms with Gasteiger partial charge in [0, 0.05) is 22.0 Å². The fourth-order valence-corrected chi connectivity index (χ4v) is 4.03. The molecule has 3 heteroatoms. The van der Waals surface area contributed by atoms with E-state index in [9.17, 15) is 0 Å². The van der Waals surface area contributed by atoms with Crippen molar-refractivity contribution in [1.29, 1.82) is 0 Å². The monoisotopic (exact) mass is 314 g/mol. The third-order valence-corrected chi connectivity index (χ3v) is 5.26. The number of benzene rings is 2. The van der Waals surface area contributed by atoms with Crippen LogP contribution in [0.25, 0.3) is 37.9 Å². The highest BCUT2D eigenvalue weighted by Crippen LogP contribution is 2.36. The number of hydrogen-bond donors (Lipinski definition) is 0. The van der Waals surface area contributed by atoms with E-state index in [0.29, 0.717) is 0 Å². The van der Waals surface area contributed by atoms with E-state index in [4.69, 9.17) is 4.98 Å². The summed E-state index contributed by atoms with van der Waals surface area (Å²) in [4.78, 5) is 6.19. The van der Waals surface area contributed by atoms with Gasteiger partial charge in [0.15, 0.2) is 0 Å². The minimum absolute atomic E-state index is 1.01. The lowest BCUT2D eigenvalue weighted by molar-refractivity contribution is 1.21. The summed E-state index contributed by atoms with van der Waals surface area (Å²) >= 11 is 1.78. The standard InChI is InChI=1S/C20H14N2S/c1-13-8-9-22-17-12-16(18-7-4-10-23-18)14-5-2-3-6-15(14)20(17)21-19(22)11-13/h2-12H,1H3. The van der Waals surface area contributed by atoms with E-state index in [1.165, 1.54) is 32.3 Å². The van der Waals surface area contributed by atoms with Crippen molar-refractivity contribution in [1.82, 2.24) is 9.38 Å². The molecular formula is C20H14N2S. The predicted molar refractivity (Wildman–Crippen MR) is 98.3 cm³/mol. The third-order valence-electron chi connectivity index (χ3n) is 4.36. The average molecular weight is 314 g/mol. The Balaban J connectivity index is 2.03. The Morgan fingerprint density at radius 1 is 0.957 bits per heavy atom. The minimum Gasteiger partial charge on any atom is -0.300 e. The van der Waals surface area contributed by atoms with Crippen LogP contribution in [0.5, 0.6) is 0 Å². The quantitative estimate of drug-likeness (QED) is 0.389. The summed E-state index contributed by atoms with van der Waals surface area (Å²) < 4.78 is 2.19. The first kappa shape index (κ1) is 12.9. The van der Waals surface area contributed by atoms with Crippen LogP contribution in [-0.2, 0) is 0 Å². The number of fused-ring (bicyclic) bond motifs is 5. The Hall–Kier alpha value is -2.65. The van der Waals surface area contributed by atoms with E-state index in [1.54, 1.807) is 11.3 Å². The van der Waals surface area contributed by atoms with Gasteiger partial charge >= 0.3 is 0 Å². The molecule has 0 radical (unpaired) electrons. The van der Waals surface area contributed by atoms with E-state index in [2.05, 4.69) is 77.5 Å². The Labute approximate surface area is 137 Å². The lowest BCUT2D eigenvalue weighted by Gasteiger charge is -2.06. The molecule has 110 valence electrons. The number of thiophene rings is 1. The van der Waals surface area contributed by atoms with E-state index in [-0.39, 0.29) is 0 Å². The molecular weight excluding hydrogens is 300 g/mol. The predicted octanol–water partition coefficient (Wildman–Crippen LogP) is 5.68. The Kier molecular flexibility index (Phi) is 2.61. The van der Waals surface area contributed by atoms with Gasteiger partial charge in [-0.15, -0.1) is 11.3 Å². The summed E-state index contributed by atoms with van der Waals surface area (Å²) in [5.41, 5.74) is 5.77. The first-order valence-electron chi connectivity index (χ1n) is 7.65. The van der Waals surface area contributed by atoms with Gasteiger partial charge in [-0.05, 0) is 47.5 Å². The summed E-state index contributed by atoms with van der Waals surface area (Å²) in [6, 6.07) is 19.4. The summed E-state index contributed by atoms with van der Waals surface area (Å²) in [5.74, 6) is 0. The van der Waals surface area contributed by atoms with E-state index >= 15 is 0 Å². The van der Waals surface area contributed by atoms with Gasteiger partial charge in [-0.1, -0.05) is 30.3 Å². The van der Waals surface area contributed by atoms with Crippen LogP contribution < -0.4 is 0 Å². The van der Waals surface area contributed by atoms with Crippen LogP contribution >= 0.6 is 11.3 Å². The molecule has 5 rings (SSSR count). The Bertz CT molecular complexity index is 1170. The molecule has 0 amide bonds. The van der Waals surface area contributed by atoms with Crippen LogP contribution in [0.1, 0.15) is 5.56 Å². The molecule has 0 fully saturated rings. The molecule has 0 spiro atoms. The largest absolute Gasteiger partial charge is 0.300 e. The molecule has 0 atom stereocenters. The highest BCUT2D eigenvalue weighted by Gasteiger charge is 2.13. The van der Waals surface area contributed by atoms with Crippen LogP contribution in [0.15, 0.2) is 66.2 Å². The van der Waals surface area contributed by atoms with Gasteiger partial charge in [-0.2, -0.15) is 0 Å². The highest BCUT2D eigenvalue weighted by atomic mass is 32.1. The second kappa shape index (κ2) is 4.67. The maximum atomic E-state index is 4.89. The number of hydrogen-bond acceptors (Lipinski definition) is 2. The van der Waals surface area contributed by atoms with Crippen molar-refractivity contribution >= 4 is 38.8 Å². The average Bonchev–Trinajstić information content (AvgIpc) is 3.21. The zero-order valence-electron chi connectivity index (χ0n) is 12.7. The van der Waals surface area contributed by atoms with Crippen LogP contribution in [0.3, 0.4) is 0 Å². The number of pyridine rings is 1. The van der Waals surface area contributed by atoms with Gasteiger partial charge < -0.3 is 0 Å². The van der Waals surface area contributed by atoms with Crippen molar-refractivity contribution in [3.8, 4) is 10.4 Å². The topological polar surface area (TPSA) is 17.3 Å². The molecule has 0 saturated carbocycles. The number of aromatic nitrogens is 2. The van der Waals surface area contributed by atoms with Gasteiger partial charge in [0.1, 0.15) is 5.65 Å². The molecule has 0 aliphatic carbocycles. The fourth-order valence-electron chi connectivity index (χ4n) is 3.28. The lowest BCUT2D eigenvalue weighted by Crippen LogP contribution is -1.86. The van der Waals surface area contributed by atoms with E-state index in [1.807, 2.05) is 0 Å². The number of aryl methyl sites for hydroxylation is 1. The summed E-state index contributed by atoms with van der Waals surface area (Å²) in [6.07, 6.45) is 2.12. The molecule has 0 aliphatic rings. The molecule has 2 nitrogen and oxygen atoms in total. The maximum Gasteiger partial charge on any atom is 0.138 e. The zero-order chi connectivity index (χ0) is 15.4. The van der Waals surface area contributed by atoms with Crippen molar-refractivity contribution < 1.29 is 0 Å². The van der Waals surface area contributed by atoms with E-state index < -0.39 is 0 Å². The number of imidazole rings is 1. The Morgan fingerprint density at radius 2 is 1.83 bits per heavy atom. The molecule has 5 aromatic rings. The molecule has 23 heavy (non-hydrogen) atoms. The van der Waals surface area contributed by atoms with Gasteiger partial charge in [0.2, 0.25) is 0 Å². The highest BCUT2D eigenvalue weighted by molar-refractivity contribution is 7.13. The summed E-state index contributed by atoms with van der Waals surface area (Å²) in [7, 11) is 0. The summed E-state index contributed by atoms with van der Waals surface area (Å²) in [5, 5.41) is 4.61. The van der Waals surface area contributed by atoms with Crippen molar-refractivity contribution in [2.45, 2.75) is 6.92 Å². The molecule has 0 unspecified atom stereocenters. The van der Waals surface area contributed by atoms with Crippen LogP contribution in [-0.4, -0.2) is 9.38 Å². The normalized spacial score (nSPS) is 11.7. The SMILES string of the molecule is Cc1ccn2c(c1)nc1c3ccccc3c(-c3cccs3)cc12. The van der Waals surface area contributed by atoms with Crippen molar-refractivity contribution in [3.05, 3.63) is 71.7 Å². The molecule has 3 aromatic heterocycles. The molecule has 3 heterocycles. The number of nitrogens with zero attached hydrogens (tertiary/aromatic N) is 2. The van der Waals surface area contributed by atoms with Crippen LogP contribution in [0.2, 0.25) is 0 Å². The second-order valence-electron chi connectivity index (χ2n) is 5.86.